The van der Waals surface area contributed by atoms with Gasteiger partial charge in [-0.1, -0.05) is 18.2 Å². The molecule has 2 aliphatic rings. The lowest BCUT2D eigenvalue weighted by Crippen LogP contribution is -2.52. The number of anilines is 1. The lowest BCUT2D eigenvalue weighted by molar-refractivity contribution is -0.138. The molecule has 0 unspecified atom stereocenters. The first-order valence-electron chi connectivity index (χ1n) is 8.67. The van der Waals surface area contributed by atoms with Crippen molar-refractivity contribution in [1.82, 2.24) is 4.90 Å². The van der Waals surface area contributed by atoms with Gasteiger partial charge in [0, 0.05) is 38.3 Å². The second-order valence-corrected chi connectivity index (χ2v) is 6.43. The summed E-state index contributed by atoms with van der Waals surface area (Å²) in [6, 6.07) is 16.0. The molecule has 0 radical (unpaired) electrons. The summed E-state index contributed by atoms with van der Waals surface area (Å²) in [5, 5.41) is 0. The van der Waals surface area contributed by atoms with Crippen molar-refractivity contribution in [3.63, 3.8) is 0 Å². The first-order valence-corrected chi connectivity index (χ1v) is 8.67. The van der Waals surface area contributed by atoms with Gasteiger partial charge in [0.05, 0.1) is 7.11 Å². The Kier molecular flexibility index (Phi) is 4.22. The minimum atomic E-state index is -0.370. The molecule has 0 aliphatic carbocycles. The molecular weight excluding hydrogens is 316 g/mol. The summed E-state index contributed by atoms with van der Waals surface area (Å²) < 4.78 is 11.0. The van der Waals surface area contributed by atoms with Crippen LogP contribution in [0, 0.1) is 0 Å². The van der Waals surface area contributed by atoms with Crippen molar-refractivity contribution in [3.8, 4) is 11.5 Å². The van der Waals surface area contributed by atoms with Gasteiger partial charge >= 0.3 is 0 Å². The molecule has 1 saturated heterocycles. The van der Waals surface area contributed by atoms with E-state index in [1.807, 2.05) is 41.3 Å². The minimum absolute atomic E-state index is 0.102. The van der Waals surface area contributed by atoms with E-state index in [1.54, 1.807) is 7.11 Å². The van der Waals surface area contributed by atoms with Gasteiger partial charge in [-0.15, -0.1) is 0 Å². The molecule has 1 atom stereocenters. The number of benzene rings is 2. The van der Waals surface area contributed by atoms with Crippen molar-refractivity contribution in [3.05, 3.63) is 54.1 Å². The molecule has 130 valence electrons. The highest BCUT2D eigenvalue weighted by Crippen LogP contribution is 2.29. The predicted molar refractivity (Wildman–Crippen MR) is 96.3 cm³/mol. The van der Waals surface area contributed by atoms with E-state index < -0.39 is 0 Å². The molecule has 4 rings (SSSR count). The number of hydrogen-bond donors (Lipinski definition) is 0. The Labute approximate surface area is 147 Å². The molecular formula is C20H22N2O3. The van der Waals surface area contributed by atoms with Gasteiger partial charge in [0.25, 0.3) is 5.91 Å². The molecule has 0 saturated carbocycles. The van der Waals surface area contributed by atoms with E-state index in [0.717, 1.165) is 48.9 Å². The smallest absolute Gasteiger partial charge is 0.264 e. The largest absolute Gasteiger partial charge is 0.497 e. The van der Waals surface area contributed by atoms with Crippen LogP contribution in [-0.2, 0) is 11.2 Å². The van der Waals surface area contributed by atoms with Crippen LogP contribution in [0.3, 0.4) is 0 Å². The van der Waals surface area contributed by atoms with Gasteiger partial charge in [0.1, 0.15) is 11.5 Å². The third-order valence-corrected chi connectivity index (χ3v) is 4.95. The van der Waals surface area contributed by atoms with E-state index >= 15 is 0 Å². The van der Waals surface area contributed by atoms with Crippen LogP contribution in [0.4, 0.5) is 5.69 Å². The Morgan fingerprint density at radius 2 is 1.76 bits per heavy atom. The Balaban J connectivity index is 1.35. The number of piperazine rings is 1. The number of nitrogens with zero attached hydrogens (tertiary/aromatic N) is 2. The van der Waals surface area contributed by atoms with Gasteiger partial charge in [0.2, 0.25) is 0 Å². The summed E-state index contributed by atoms with van der Waals surface area (Å²) >= 11 is 0. The van der Waals surface area contributed by atoms with Crippen molar-refractivity contribution in [2.75, 3.05) is 38.2 Å². The fraction of sp³-hybridized carbons (Fsp3) is 0.350. The Hall–Kier alpha value is -2.69. The zero-order valence-corrected chi connectivity index (χ0v) is 14.4. The van der Waals surface area contributed by atoms with E-state index in [9.17, 15) is 4.79 Å². The normalized spacial score (nSPS) is 19.3. The second-order valence-electron chi connectivity index (χ2n) is 6.43. The first-order chi connectivity index (χ1) is 12.2. The maximum Gasteiger partial charge on any atom is 0.264 e. The Morgan fingerprint density at radius 3 is 2.44 bits per heavy atom. The summed E-state index contributed by atoms with van der Waals surface area (Å²) in [5.41, 5.74) is 2.29. The summed E-state index contributed by atoms with van der Waals surface area (Å²) in [6.07, 6.45) is 0.304. The molecule has 0 bridgehead atoms. The van der Waals surface area contributed by atoms with Crippen molar-refractivity contribution in [2.24, 2.45) is 0 Å². The van der Waals surface area contributed by atoms with Crippen molar-refractivity contribution >= 4 is 11.6 Å². The van der Waals surface area contributed by atoms with Gasteiger partial charge in [-0.2, -0.15) is 0 Å². The molecule has 25 heavy (non-hydrogen) atoms. The van der Waals surface area contributed by atoms with Crippen LogP contribution < -0.4 is 14.4 Å². The van der Waals surface area contributed by atoms with Crippen molar-refractivity contribution in [2.45, 2.75) is 12.5 Å². The van der Waals surface area contributed by atoms with Crippen molar-refractivity contribution < 1.29 is 14.3 Å². The van der Waals surface area contributed by atoms with Crippen LogP contribution in [0.25, 0.3) is 0 Å². The highest BCUT2D eigenvalue weighted by molar-refractivity contribution is 5.83. The molecule has 0 spiro atoms. The number of para-hydroxylation sites is 1. The summed E-state index contributed by atoms with van der Waals surface area (Å²) in [6.45, 7) is 3.11. The summed E-state index contributed by atoms with van der Waals surface area (Å²) in [7, 11) is 1.67. The van der Waals surface area contributed by atoms with Crippen LogP contribution in [-0.4, -0.2) is 50.2 Å². The van der Waals surface area contributed by atoms with Gasteiger partial charge in [0.15, 0.2) is 6.10 Å². The summed E-state index contributed by atoms with van der Waals surface area (Å²) in [4.78, 5) is 17.0. The van der Waals surface area contributed by atoms with Gasteiger partial charge in [-0.3, -0.25) is 4.79 Å². The molecule has 2 aliphatic heterocycles. The van der Waals surface area contributed by atoms with E-state index in [-0.39, 0.29) is 12.0 Å². The molecule has 5 nitrogen and oxygen atoms in total. The standard InChI is InChI=1S/C20H22N2O3/c1-24-17-8-6-16(7-9-17)21-10-12-22(13-11-21)20(23)19-14-15-4-2-3-5-18(15)25-19/h2-9,19H,10-14H2,1H3/t19-/m1/s1. The molecule has 2 heterocycles. The number of amides is 1. The predicted octanol–water partition coefficient (Wildman–Crippen LogP) is 2.35. The Bertz CT molecular complexity index is 727. The molecule has 0 N–H and O–H groups in total. The van der Waals surface area contributed by atoms with Gasteiger partial charge in [-0.25, -0.2) is 0 Å². The van der Waals surface area contributed by atoms with E-state index in [1.165, 1.54) is 0 Å². The molecule has 2 aromatic rings. The van der Waals surface area contributed by atoms with E-state index in [0.29, 0.717) is 6.42 Å². The number of carbonyl (C=O) groups is 1. The molecule has 0 aromatic heterocycles. The third kappa shape index (κ3) is 3.14. The molecule has 1 fully saturated rings. The van der Waals surface area contributed by atoms with Crippen LogP contribution in [0.5, 0.6) is 11.5 Å². The second kappa shape index (κ2) is 6.67. The van der Waals surface area contributed by atoms with Gasteiger partial charge in [-0.05, 0) is 35.9 Å². The number of methoxy groups -OCH3 is 1. The maximum atomic E-state index is 12.8. The molecule has 1 amide bonds. The maximum absolute atomic E-state index is 12.8. The van der Waals surface area contributed by atoms with Crippen LogP contribution in [0.15, 0.2) is 48.5 Å². The zero-order valence-electron chi connectivity index (χ0n) is 14.4. The fourth-order valence-corrected chi connectivity index (χ4v) is 3.50. The van der Waals surface area contributed by atoms with E-state index in [2.05, 4.69) is 17.0 Å². The SMILES string of the molecule is COc1ccc(N2CCN(C(=O)[C@H]3Cc4ccccc4O3)CC2)cc1. The van der Waals surface area contributed by atoms with E-state index in [4.69, 9.17) is 9.47 Å². The first kappa shape index (κ1) is 15.8. The number of hydrogen-bond acceptors (Lipinski definition) is 4. The average Bonchev–Trinajstić information content (AvgIpc) is 3.12. The number of carbonyl (C=O) groups excluding carboxylic acids is 1. The monoisotopic (exact) mass is 338 g/mol. The quantitative estimate of drug-likeness (QED) is 0.862. The number of ether oxygens (including phenoxy) is 2. The molecule has 2 aromatic carbocycles. The van der Waals surface area contributed by atoms with Crippen LogP contribution in [0.2, 0.25) is 0 Å². The number of rotatable bonds is 3. The number of fused-ring (bicyclic) bond motifs is 1. The third-order valence-electron chi connectivity index (χ3n) is 4.95. The van der Waals surface area contributed by atoms with Crippen LogP contribution in [0.1, 0.15) is 5.56 Å². The lowest BCUT2D eigenvalue weighted by Gasteiger charge is -2.37. The zero-order chi connectivity index (χ0) is 17.2. The van der Waals surface area contributed by atoms with Gasteiger partial charge < -0.3 is 19.3 Å². The highest BCUT2D eigenvalue weighted by atomic mass is 16.5. The molecule has 5 heteroatoms. The Morgan fingerprint density at radius 1 is 1.04 bits per heavy atom. The van der Waals surface area contributed by atoms with Crippen LogP contribution >= 0.6 is 0 Å². The highest BCUT2D eigenvalue weighted by Gasteiger charge is 2.33. The summed E-state index contributed by atoms with van der Waals surface area (Å²) in [5.74, 6) is 1.80. The minimum Gasteiger partial charge on any atom is -0.497 e. The fourth-order valence-electron chi connectivity index (χ4n) is 3.50. The average molecular weight is 338 g/mol. The lowest BCUT2D eigenvalue weighted by atomic mass is 10.1. The topological polar surface area (TPSA) is 42.0 Å². The van der Waals surface area contributed by atoms with Crippen molar-refractivity contribution in [1.29, 1.82) is 0 Å².